The summed E-state index contributed by atoms with van der Waals surface area (Å²) in [5.41, 5.74) is 3.27. The topological polar surface area (TPSA) is 79.8 Å². The van der Waals surface area contributed by atoms with Gasteiger partial charge in [-0.1, -0.05) is 48.5 Å². The van der Waals surface area contributed by atoms with Gasteiger partial charge in [-0.3, -0.25) is 9.78 Å². The van der Waals surface area contributed by atoms with Gasteiger partial charge < -0.3 is 10.6 Å². The van der Waals surface area contributed by atoms with Gasteiger partial charge in [-0.25, -0.2) is 9.97 Å². The minimum absolute atomic E-state index is 0.209. The summed E-state index contributed by atoms with van der Waals surface area (Å²) < 4.78 is 0. The van der Waals surface area contributed by atoms with E-state index < -0.39 is 0 Å². The molecular weight excluding hydrogens is 362 g/mol. The second-order valence-electron chi connectivity index (χ2n) is 6.64. The zero-order valence-electron chi connectivity index (χ0n) is 15.9. The van der Waals surface area contributed by atoms with E-state index in [0.29, 0.717) is 18.1 Å². The zero-order valence-corrected chi connectivity index (χ0v) is 15.9. The van der Waals surface area contributed by atoms with E-state index in [0.717, 1.165) is 29.4 Å². The van der Waals surface area contributed by atoms with Crippen LogP contribution < -0.4 is 10.6 Å². The molecule has 0 aliphatic heterocycles. The van der Waals surface area contributed by atoms with E-state index in [2.05, 4.69) is 37.7 Å². The van der Waals surface area contributed by atoms with Crippen molar-refractivity contribution in [1.82, 2.24) is 20.3 Å². The summed E-state index contributed by atoms with van der Waals surface area (Å²) in [6, 6.07) is 21.7. The van der Waals surface area contributed by atoms with E-state index in [1.807, 2.05) is 48.5 Å². The van der Waals surface area contributed by atoms with Crippen molar-refractivity contribution in [1.29, 1.82) is 0 Å². The average molecular weight is 383 g/mol. The number of pyridine rings is 1. The predicted octanol–water partition coefficient (Wildman–Crippen LogP) is 4.13. The molecule has 0 bridgehead atoms. The quantitative estimate of drug-likeness (QED) is 0.469. The van der Waals surface area contributed by atoms with Crippen LogP contribution in [0.1, 0.15) is 22.5 Å². The van der Waals surface area contributed by atoms with Crippen molar-refractivity contribution in [2.45, 2.75) is 12.8 Å². The van der Waals surface area contributed by atoms with Gasteiger partial charge in [0, 0.05) is 24.2 Å². The number of nitrogens with one attached hydrogen (secondary N) is 2. The summed E-state index contributed by atoms with van der Waals surface area (Å²) in [6.07, 6.45) is 4.93. The van der Waals surface area contributed by atoms with Crippen LogP contribution in [0.2, 0.25) is 0 Å². The fourth-order valence-electron chi connectivity index (χ4n) is 3.12. The largest absolute Gasteiger partial charge is 0.351 e. The minimum Gasteiger partial charge on any atom is -0.351 e. The van der Waals surface area contributed by atoms with E-state index >= 15 is 0 Å². The Kier molecular flexibility index (Phi) is 5.71. The van der Waals surface area contributed by atoms with Gasteiger partial charge in [0.15, 0.2) is 0 Å². The lowest BCUT2D eigenvalue weighted by atomic mass is 10.1. The van der Waals surface area contributed by atoms with Gasteiger partial charge in [-0.15, -0.1) is 0 Å². The molecule has 0 saturated carbocycles. The first-order valence-corrected chi connectivity index (χ1v) is 9.54. The summed E-state index contributed by atoms with van der Waals surface area (Å²) in [6.45, 7) is 0.591. The molecule has 0 unspecified atom stereocenters. The lowest BCUT2D eigenvalue weighted by Gasteiger charge is -2.09. The maximum absolute atomic E-state index is 12.4. The molecule has 6 nitrogen and oxygen atoms in total. The number of carbonyl (C=O) groups excluding carboxylic acids is 1. The molecule has 0 fully saturated rings. The lowest BCUT2D eigenvalue weighted by molar-refractivity contribution is 0.0948. The lowest BCUT2D eigenvalue weighted by Crippen LogP contribution is -2.25. The van der Waals surface area contributed by atoms with Gasteiger partial charge >= 0.3 is 0 Å². The van der Waals surface area contributed by atoms with Crippen molar-refractivity contribution < 1.29 is 4.79 Å². The van der Waals surface area contributed by atoms with Gasteiger partial charge in [0.1, 0.15) is 17.8 Å². The van der Waals surface area contributed by atoms with E-state index in [-0.39, 0.29) is 5.91 Å². The first-order valence-electron chi connectivity index (χ1n) is 9.54. The van der Waals surface area contributed by atoms with Crippen molar-refractivity contribution in [3.8, 4) is 0 Å². The number of fused-ring (bicyclic) bond motifs is 1. The summed E-state index contributed by atoms with van der Waals surface area (Å²) in [4.78, 5) is 25.2. The molecule has 2 N–H and O–H groups in total. The van der Waals surface area contributed by atoms with Crippen LogP contribution in [0.4, 0.5) is 11.5 Å². The maximum atomic E-state index is 12.4. The monoisotopic (exact) mass is 383 g/mol. The van der Waals surface area contributed by atoms with E-state index in [1.165, 1.54) is 11.9 Å². The van der Waals surface area contributed by atoms with Crippen LogP contribution in [-0.4, -0.2) is 27.4 Å². The zero-order chi connectivity index (χ0) is 19.9. The first kappa shape index (κ1) is 18.6. The SMILES string of the molecule is O=C(NCCCc1ccccc1)c1cc(Nc2cccc3cccnc23)ncn1. The van der Waals surface area contributed by atoms with Gasteiger partial charge in [-0.05, 0) is 30.5 Å². The molecule has 0 atom stereocenters. The van der Waals surface area contributed by atoms with Crippen LogP contribution in [0.3, 0.4) is 0 Å². The first-order chi connectivity index (χ1) is 14.3. The fourth-order valence-corrected chi connectivity index (χ4v) is 3.12. The van der Waals surface area contributed by atoms with Crippen LogP contribution in [0.5, 0.6) is 0 Å². The summed E-state index contributed by atoms with van der Waals surface area (Å²) in [7, 11) is 0. The van der Waals surface area contributed by atoms with Crippen molar-refractivity contribution in [3.05, 3.63) is 90.5 Å². The number of nitrogens with zero attached hydrogens (tertiary/aromatic N) is 3. The van der Waals surface area contributed by atoms with Gasteiger partial charge in [0.2, 0.25) is 0 Å². The molecule has 0 radical (unpaired) electrons. The van der Waals surface area contributed by atoms with Crippen LogP contribution >= 0.6 is 0 Å². The molecule has 0 spiro atoms. The number of hydrogen-bond donors (Lipinski definition) is 2. The predicted molar refractivity (Wildman–Crippen MR) is 114 cm³/mol. The van der Waals surface area contributed by atoms with Crippen molar-refractivity contribution in [2.75, 3.05) is 11.9 Å². The minimum atomic E-state index is -0.209. The highest BCUT2D eigenvalue weighted by molar-refractivity contribution is 5.94. The molecule has 2 aromatic heterocycles. The highest BCUT2D eigenvalue weighted by Crippen LogP contribution is 2.23. The fraction of sp³-hybridized carbons (Fsp3) is 0.130. The molecule has 4 rings (SSSR count). The van der Waals surface area contributed by atoms with Crippen molar-refractivity contribution in [2.24, 2.45) is 0 Å². The van der Waals surface area contributed by atoms with Crippen LogP contribution in [-0.2, 0) is 6.42 Å². The molecule has 6 heteroatoms. The Bertz CT molecular complexity index is 1110. The van der Waals surface area contributed by atoms with Crippen LogP contribution in [0, 0.1) is 0 Å². The number of aryl methyl sites for hydroxylation is 1. The number of carbonyl (C=O) groups is 1. The molecule has 29 heavy (non-hydrogen) atoms. The van der Waals surface area contributed by atoms with Crippen molar-refractivity contribution >= 4 is 28.3 Å². The molecule has 0 aliphatic rings. The smallest absolute Gasteiger partial charge is 0.270 e. The molecule has 2 aromatic carbocycles. The van der Waals surface area contributed by atoms with E-state index in [1.54, 1.807) is 12.3 Å². The van der Waals surface area contributed by atoms with Gasteiger partial charge in [0.05, 0.1) is 11.2 Å². The van der Waals surface area contributed by atoms with E-state index in [4.69, 9.17) is 0 Å². The second kappa shape index (κ2) is 8.93. The van der Waals surface area contributed by atoms with Gasteiger partial charge in [-0.2, -0.15) is 0 Å². The van der Waals surface area contributed by atoms with Crippen LogP contribution in [0.15, 0.2) is 79.3 Å². The molecule has 0 saturated heterocycles. The second-order valence-corrected chi connectivity index (χ2v) is 6.64. The molecule has 2 heterocycles. The number of aromatic nitrogens is 3. The average Bonchev–Trinajstić information content (AvgIpc) is 2.78. The molecule has 0 aliphatic carbocycles. The number of benzene rings is 2. The summed E-state index contributed by atoms with van der Waals surface area (Å²) in [5, 5.41) is 7.19. The Morgan fingerprint density at radius 2 is 1.76 bits per heavy atom. The standard InChI is InChI=1S/C23H21N5O/c29-23(25-14-5-9-17-7-2-1-3-8-17)20-15-21(27-16-26-20)28-19-12-4-10-18-11-6-13-24-22(18)19/h1-4,6-8,10-13,15-16H,5,9,14H2,(H,25,29)(H,26,27,28). The molecular formula is C23H21N5O. The summed E-state index contributed by atoms with van der Waals surface area (Å²) in [5.74, 6) is 0.340. The molecule has 144 valence electrons. The Balaban J connectivity index is 1.38. The third-order valence-electron chi connectivity index (χ3n) is 4.57. The van der Waals surface area contributed by atoms with E-state index in [9.17, 15) is 4.79 Å². The Hall–Kier alpha value is -3.80. The molecule has 4 aromatic rings. The normalized spacial score (nSPS) is 10.6. The van der Waals surface area contributed by atoms with Crippen molar-refractivity contribution in [3.63, 3.8) is 0 Å². The Morgan fingerprint density at radius 1 is 0.897 bits per heavy atom. The third kappa shape index (κ3) is 4.73. The summed E-state index contributed by atoms with van der Waals surface area (Å²) >= 11 is 0. The molecule has 1 amide bonds. The maximum Gasteiger partial charge on any atom is 0.270 e. The number of rotatable bonds is 7. The number of hydrogen-bond acceptors (Lipinski definition) is 5. The van der Waals surface area contributed by atoms with Crippen LogP contribution in [0.25, 0.3) is 10.9 Å². The highest BCUT2D eigenvalue weighted by Gasteiger charge is 2.09. The number of para-hydroxylation sites is 1. The Morgan fingerprint density at radius 3 is 2.66 bits per heavy atom. The van der Waals surface area contributed by atoms with Gasteiger partial charge in [0.25, 0.3) is 5.91 Å². The Labute approximate surface area is 169 Å². The highest BCUT2D eigenvalue weighted by atomic mass is 16.1. The number of amides is 1. The third-order valence-corrected chi connectivity index (χ3v) is 4.57. The number of anilines is 2.